The van der Waals surface area contributed by atoms with Crippen molar-refractivity contribution in [1.29, 1.82) is 0 Å². The van der Waals surface area contributed by atoms with E-state index in [4.69, 9.17) is 4.74 Å². The Morgan fingerprint density at radius 2 is 2.13 bits per heavy atom. The summed E-state index contributed by atoms with van der Waals surface area (Å²) >= 11 is 0. The molecule has 0 aliphatic carbocycles. The van der Waals surface area contributed by atoms with Crippen molar-refractivity contribution in [2.24, 2.45) is 0 Å². The normalized spacial score (nSPS) is 11.2. The van der Waals surface area contributed by atoms with Crippen molar-refractivity contribution < 1.29 is 14.6 Å². The van der Waals surface area contributed by atoms with E-state index in [0.717, 1.165) is 6.42 Å². The van der Waals surface area contributed by atoms with E-state index < -0.39 is 5.97 Å². The highest BCUT2D eigenvalue weighted by Gasteiger charge is 2.09. The fourth-order valence-corrected chi connectivity index (χ4v) is 1.11. The number of benzene rings is 1. The molecule has 0 spiro atoms. The zero-order valence-electron chi connectivity index (χ0n) is 8.86. The van der Waals surface area contributed by atoms with E-state index in [2.05, 4.69) is 0 Å². The number of ether oxygens (including phenoxy) is 1. The van der Waals surface area contributed by atoms with Crippen LogP contribution in [0.2, 0.25) is 0 Å². The molecule has 0 saturated carbocycles. The number of hydrogen-bond donors (Lipinski definition) is 1. The van der Waals surface area contributed by atoms with Crippen LogP contribution in [-0.4, -0.2) is 11.1 Å². The average Bonchev–Trinajstić information content (AvgIpc) is 2.21. The predicted molar refractivity (Wildman–Crippen MR) is 57.8 cm³/mol. The van der Waals surface area contributed by atoms with Crippen molar-refractivity contribution in [2.75, 3.05) is 0 Å². The van der Waals surface area contributed by atoms with Gasteiger partial charge in [-0.2, -0.15) is 0 Å². The highest BCUT2D eigenvalue weighted by Crippen LogP contribution is 2.25. The molecule has 1 rings (SSSR count). The Hall–Kier alpha value is -1.77. The van der Waals surface area contributed by atoms with Crippen molar-refractivity contribution in [1.82, 2.24) is 0 Å². The first-order valence-corrected chi connectivity index (χ1v) is 4.82. The van der Waals surface area contributed by atoms with Crippen molar-refractivity contribution >= 4 is 5.97 Å². The van der Waals surface area contributed by atoms with Crippen LogP contribution in [-0.2, 0) is 4.79 Å². The number of carbonyl (C=O) groups is 1. The number of carbonyl (C=O) groups excluding carboxylic acids is 1. The van der Waals surface area contributed by atoms with Gasteiger partial charge in [0.25, 0.3) is 0 Å². The third kappa shape index (κ3) is 3.13. The summed E-state index contributed by atoms with van der Waals surface area (Å²) in [5.41, 5.74) is 0.542. The number of aromatic hydroxyl groups is 1. The van der Waals surface area contributed by atoms with Gasteiger partial charge in [0.05, 0.1) is 0 Å². The lowest BCUT2D eigenvalue weighted by molar-refractivity contribution is -0.130. The molecule has 0 unspecified atom stereocenters. The van der Waals surface area contributed by atoms with Crippen molar-refractivity contribution in [3.05, 3.63) is 35.9 Å². The van der Waals surface area contributed by atoms with E-state index in [9.17, 15) is 9.90 Å². The Morgan fingerprint density at radius 1 is 1.47 bits per heavy atom. The van der Waals surface area contributed by atoms with Crippen LogP contribution in [0.1, 0.15) is 20.3 Å². The maximum absolute atomic E-state index is 11.5. The van der Waals surface area contributed by atoms with E-state index in [-0.39, 0.29) is 11.5 Å². The molecule has 0 radical (unpaired) electrons. The molecule has 1 aromatic rings. The second-order valence-electron chi connectivity index (χ2n) is 3.15. The van der Waals surface area contributed by atoms with Crippen molar-refractivity contribution in [2.45, 2.75) is 20.3 Å². The molecule has 80 valence electrons. The second kappa shape index (κ2) is 5.20. The zero-order valence-corrected chi connectivity index (χ0v) is 8.86. The molecular weight excluding hydrogens is 192 g/mol. The molecule has 0 heterocycles. The molecule has 0 bridgehead atoms. The van der Waals surface area contributed by atoms with Gasteiger partial charge in [0.1, 0.15) is 0 Å². The fraction of sp³-hybridized carbons (Fsp3) is 0.250. The molecule has 0 amide bonds. The summed E-state index contributed by atoms with van der Waals surface area (Å²) < 4.78 is 5.00. The van der Waals surface area contributed by atoms with Gasteiger partial charge in [-0.3, -0.25) is 0 Å². The van der Waals surface area contributed by atoms with Crippen LogP contribution in [0.3, 0.4) is 0 Å². The van der Waals surface area contributed by atoms with Gasteiger partial charge in [-0.15, -0.1) is 0 Å². The van der Waals surface area contributed by atoms with Crippen LogP contribution in [0, 0.1) is 0 Å². The number of para-hydroxylation sites is 2. The lowest BCUT2D eigenvalue weighted by Crippen LogP contribution is -2.09. The molecule has 0 aliphatic rings. The van der Waals surface area contributed by atoms with E-state index in [0.29, 0.717) is 5.57 Å². The molecule has 0 fully saturated rings. The molecule has 3 nitrogen and oxygen atoms in total. The van der Waals surface area contributed by atoms with Gasteiger partial charge in [-0.25, -0.2) is 4.79 Å². The predicted octanol–water partition coefficient (Wildman–Crippen LogP) is 2.65. The van der Waals surface area contributed by atoms with Gasteiger partial charge >= 0.3 is 5.97 Å². The molecule has 0 saturated heterocycles. The Balaban J connectivity index is 2.75. The lowest BCUT2D eigenvalue weighted by atomic mass is 10.2. The minimum atomic E-state index is -0.432. The smallest absolute Gasteiger partial charge is 0.338 e. The van der Waals surface area contributed by atoms with E-state index in [1.54, 1.807) is 31.2 Å². The third-order valence-corrected chi connectivity index (χ3v) is 1.90. The van der Waals surface area contributed by atoms with Crippen LogP contribution < -0.4 is 4.74 Å². The summed E-state index contributed by atoms with van der Waals surface area (Å²) in [6.45, 7) is 3.63. The Morgan fingerprint density at radius 3 is 2.73 bits per heavy atom. The topological polar surface area (TPSA) is 46.5 Å². The molecule has 0 aromatic heterocycles. The number of esters is 1. The maximum Gasteiger partial charge on any atom is 0.338 e. The maximum atomic E-state index is 11.5. The van der Waals surface area contributed by atoms with Gasteiger partial charge in [-0.05, 0) is 25.5 Å². The molecular formula is C12H14O3. The van der Waals surface area contributed by atoms with Gasteiger partial charge in [0.2, 0.25) is 0 Å². The molecule has 0 atom stereocenters. The Labute approximate surface area is 89.0 Å². The SMILES string of the molecule is CCC=C(C)C(=O)Oc1ccccc1O. The first-order valence-electron chi connectivity index (χ1n) is 4.82. The largest absolute Gasteiger partial charge is 0.504 e. The van der Waals surface area contributed by atoms with Gasteiger partial charge in [0.15, 0.2) is 11.5 Å². The number of rotatable bonds is 3. The lowest BCUT2D eigenvalue weighted by Gasteiger charge is -2.05. The van der Waals surface area contributed by atoms with Gasteiger partial charge in [0, 0.05) is 5.57 Å². The highest BCUT2D eigenvalue weighted by molar-refractivity contribution is 5.89. The fourth-order valence-electron chi connectivity index (χ4n) is 1.11. The first-order chi connectivity index (χ1) is 7.15. The first kappa shape index (κ1) is 11.3. The molecule has 1 aromatic carbocycles. The highest BCUT2D eigenvalue weighted by atomic mass is 16.5. The minimum absolute atomic E-state index is 0.0323. The molecule has 1 N–H and O–H groups in total. The number of hydrogen-bond acceptors (Lipinski definition) is 3. The standard InChI is InChI=1S/C12H14O3/c1-3-6-9(2)12(14)15-11-8-5-4-7-10(11)13/h4-8,13H,3H2,1-2H3. The summed E-state index contributed by atoms with van der Waals surface area (Å²) in [6.07, 6.45) is 2.56. The van der Waals surface area contributed by atoms with Crippen molar-refractivity contribution in [3.8, 4) is 11.5 Å². The molecule has 0 aliphatic heterocycles. The minimum Gasteiger partial charge on any atom is -0.504 e. The second-order valence-corrected chi connectivity index (χ2v) is 3.15. The van der Waals surface area contributed by atoms with E-state index >= 15 is 0 Å². The van der Waals surface area contributed by atoms with Crippen LogP contribution in [0.15, 0.2) is 35.9 Å². The van der Waals surface area contributed by atoms with Crippen LogP contribution >= 0.6 is 0 Å². The van der Waals surface area contributed by atoms with Crippen molar-refractivity contribution in [3.63, 3.8) is 0 Å². The summed E-state index contributed by atoms with van der Waals surface area (Å²) in [6, 6.07) is 6.39. The summed E-state index contributed by atoms with van der Waals surface area (Å²) in [5.74, 6) is -0.278. The summed E-state index contributed by atoms with van der Waals surface area (Å²) in [4.78, 5) is 11.5. The number of phenolic OH excluding ortho intramolecular Hbond substituents is 1. The van der Waals surface area contributed by atoms with Crippen LogP contribution in [0.5, 0.6) is 11.5 Å². The van der Waals surface area contributed by atoms with E-state index in [1.165, 1.54) is 6.07 Å². The average molecular weight is 206 g/mol. The van der Waals surface area contributed by atoms with Gasteiger partial charge < -0.3 is 9.84 Å². The van der Waals surface area contributed by atoms with Crippen LogP contribution in [0.4, 0.5) is 0 Å². The van der Waals surface area contributed by atoms with Crippen LogP contribution in [0.25, 0.3) is 0 Å². The number of allylic oxidation sites excluding steroid dienone is 1. The zero-order chi connectivity index (χ0) is 11.3. The van der Waals surface area contributed by atoms with E-state index in [1.807, 2.05) is 6.92 Å². The monoisotopic (exact) mass is 206 g/mol. The molecule has 15 heavy (non-hydrogen) atoms. The third-order valence-electron chi connectivity index (χ3n) is 1.90. The molecule has 3 heteroatoms. The Bertz CT molecular complexity index is 380. The summed E-state index contributed by atoms with van der Waals surface area (Å²) in [7, 11) is 0. The number of phenols is 1. The Kier molecular flexibility index (Phi) is 3.92. The summed E-state index contributed by atoms with van der Waals surface area (Å²) in [5, 5.41) is 9.37. The van der Waals surface area contributed by atoms with Gasteiger partial charge in [-0.1, -0.05) is 25.1 Å². The quantitative estimate of drug-likeness (QED) is 0.470.